The molecule has 90 valence electrons. The highest BCUT2D eigenvalue weighted by Crippen LogP contribution is 2.31. The topological polar surface area (TPSA) is 20.2 Å². The van der Waals surface area contributed by atoms with Crippen molar-refractivity contribution in [3.05, 3.63) is 34.1 Å². The van der Waals surface area contributed by atoms with E-state index in [0.717, 1.165) is 16.5 Å². The van der Waals surface area contributed by atoms with Gasteiger partial charge >= 0.3 is 0 Å². The maximum absolute atomic E-state index is 13.1. The standard InChI is InChI=1S/C13H18BrFO/c1-9(16)7-13(2,3)8-10-6-11(15)4-5-12(10)14/h4-6,9,16H,7-8H2,1-3H3. The fraction of sp³-hybridized carbons (Fsp3) is 0.538. The van der Waals surface area contributed by atoms with E-state index in [9.17, 15) is 9.50 Å². The van der Waals surface area contributed by atoms with Gasteiger partial charge in [0.15, 0.2) is 0 Å². The van der Waals surface area contributed by atoms with Crippen molar-refractivity contribution in [1.29, 1.82) is 0 Å². The van der Waals surface area contributed by atoms with E-state index in [4.69, 9.17) is 0 Å². The Kier molecular flexibility index (Phi) is 4.51. The Balaban J connectivity index is 2.82. The van der Waals surface area contributed by atoms with Crippen molar-refractivity contribution >= 4 is 15.9 Å². The van der Waals surface area contributed by atoms with Gasteiger partial charge in [-0.05, 0) is 48.9 Å². The maximum atomic E-state index is 13.1. The first-order valence-corrected chi connectivity index (χ1v) is 6.21. The van der Waals surface area contributed by atoms with Crippen molar-refractivity contribution in [2.75, 3.05) is 0 Å². The molecule has 0 aliphatic carbocycles. The minimum atomic E-state index is -0.331. The number of aliphatic hydroxyl groups excluding tert-OH is 1. The molecule has 0 saturated heterocycles. The van der Waals surface area contributed by atoms with Crippen molar-refractivity contribution in [2.24, 2.45) is 5.41 Å². The zero-order valence-corrected chi connectivity index (χ0v) is 11.5. The van der Waals surface area contributed by atoms with Crippen molar-refractivity contribution in [3.8, 4) is 0 Å². The third-order valence-electron chi connectivity index (χ3n) is 2.52. The summed E-state index contributed by atoms with van der Waals surface area (Å²) in [6.45, 7) is 5.94. The number of aliphatic hydroxyl groups is 1. The van der Waals surface area contributed by atoms with Gasteiger partial charge in [0, 0.05) is 4.47 Å². The van der Waals surface area contributed by atoms with E-state index in [1.54, 1.807) is 19.1 Å². The van der Waals surface area contributed by atoms with E-state index in [1.807, 2.05) is 0 Å². The van der Waals surface area contributed by atoms with Crippen LogP contribution in [-0.4, -0.2) is 11.2 Å². The van der Waals surface area contributed by atoms with E-state index in [-0.39, 0.29) is 17.3 Å². The molecule has 1 N–H and O–H groups in total. The largest absolute Gasteiger partial charge is 0.393 e. The molecule has 0 heterocycles. The van der Waals surface area contributed by atoms with E-state index in [2.05, 4.69) is 29.8 Å². The summed E-state index contributed by atoms with van der Waals surface area (Å²) in [6.07, 6.45) is 1.12. The summed E-state index contributed by atoms with van der Waals surface area (Å²) in [6, 6.07) is 4.71. The molecule has 0 aliphatic rings. The average molecular weight is 289 g/mol. The summed E-state index contributed by atoms with van der Waals surface area (Å²) in [5.41, 5.74) is 0.912. The van der Waals surface area contributed by atoms with Crippen molar-refractivity contribution in [2.45, 2.75) is 39.7 Å². The van der Waals surface area contributed by atoms with Gasteiger partial charge in [-0.15, -0.1) is 0 Å². The highest BCUT2D eigenvalue weighted by molar-refractivity contribution is 9.10. The van der Waals surface area contributed by atoms with Crippen LogP contribution >= 0.6 is 15.9 Å². The molecule has 3 heteroatoms. The Morgan fingerprint density at radius 2 is 2.06 bits per heavy atom. The van der Waals surface area contributed by atoms with Gasteiger partial charge in [0.05, 0.1) is 6.10 Å². The molecule has 0 bridgehead atoms. The fourth-order valence-corrected chi connectivity index (χ4v) is 2.45. The molecule has 16 heavy (non-hydrogen) atoms. The molecule has 1 atom stereocenters. The molecule has 0 radical (unpaired) electrons. The Labute approximate surface area is 105 Å². The van der Waals surface area contributed by atoms with Crippen LogP contribution in [0.2, 0.25) is 0 Å². The Hall–Kier alpha value is -0.410. The zero-order valence-electron chi connectivity index (χ0n) is 9.93. The summed E-state index contributed by atoms with van der Waals surface area (Å²) in [5.74, 6) is -0.217. The van der Waals surface area contributed by atoms with E-state index >= 15 is 0 Å². The second-order valence-electron chi connectivity index (χ2n) is 5.13. The monoisotopic (exact) mass is 288 g/mol. The van der Waals surface area contributed by atoms with Crippen molar-refractivity contribution < 1.29 is 9.50 Å². The maximum Gasteiger partial charge on any atom is 0.123 e. The summed E-state index contributed by atoms with van der Waals surface area (Å²) in [5, 5.41) is 9.40. The van der Waals surface area contributed by atoms with Gasteiger partial charge in [0.2, 0.25) is 0 Å². The molecule has 0 aliphatic heterocycles. The predicted octanol–water partition coefficient (Wildman–Crippen LogP) is 3.93. The van der Waals surface area contributed by atoms with E-state index in [1.165, 1.54) is 6.07 Å². The molecule has 0 saturated carbocycles. The average Bonchev–Trinajstić information content (AvgIpc) is 2.08. The zero-order chi connectivity index (χ0) is 12.3. The van der Waals surface area contributed by atoms with Gasteiger partial charge in [-0.25, -0.2) is 4.39 Å². The predicted molar refractivity (Wildman–Crippen MR) is 67.9 cm³/mol. The fourth-order valence-electron chi connectivity index (χ4n) is 2.07. The Bertz CT molecular complexity index is 361. The molecule has 0 aromatic heterocycles. The number of hydrogen-bond donors (Lipinski definition) is 1. The van der Waals surface area contributed by atoms with E-state index in [0.29, 0.717) is 6.42 Å². The molecule has 0 fully saturated rings. The minimum Gasteiger partial charge on any atom is -0.393 e. The normalized spacial score (nSPS) is 13.9. The molecule has 1 unspecified atom stereocenters. The highest BCUT2D eigenvalue weighted by Gasteiger charge is 2.22. The van der Waals surface area contributed by atoms with Crippen LogP contribution in [0, 0.1) is 11.2 Å². The molecule has 1 aromatic carbocycles. The highest BCUT2D eigenvalue weighted by atomic mass is 79.9. The molecule has 1 rings (SSSR count). The van der Waals surface area contributed by atoms with Gasteiger partial charge in [-0.3, -0.25) is 0 Å². The number of benzene rings is 1. The summed E-state index contributed by atoms with van der Waals surface area (Å²) < 4.78 is 14.0. The van der Waals surface area contributed by atoms with Crippen molar-refractivity contribution in [3.63, 3.8) is 0 Å². The van der Waals surface area contributed by atoms with Crippen LogP contribution in [0.25, 0.3) is 0 Å². The van der Waals surface area contributed by atoms with Crippen LogP contribution in [-0.2, 0) is 6.42 Å². The first-order chi connectivity index (χ1) is 7.30. The lowest BCUT2D eigenvalue weighted by Crippen LogP contribution is -2.21. The van der Waals surface area contributed by atoms with Gasteiger partial charge in [0.25, 0.3) is 0 Å². The number of rotatable bonds is 4. The van der Waals surface area contributed by atoms with Gasteiger partial charge in [-0.1, -0.05) is 29.8 Å². The van der Waals surface area contributed by atoms with Gasteiger partial charge in [-0.2, -0.15) is 0 Å². The SMILES string of the molecule is CC(O)CC(C)(C)Cc1cc(F)ccc1Br. The lowest BCUT2D eigenvalue weighted by Gasteiger charge is -2.26. The lowest BCUT2D eigenvalue weighted by molar-refractivity contribution is 0.129. The number of hydrogen-bond acceptors (Lipinski definition) is 1. The van der Waals surface area contributed by atoms with Crippen LogP contribution in [0.5, 0.6) is 0 Å². The first-order valence-electron chi connectivity index (χ1n) is 5.42. The third-order valence-corrected chi connectivity index (χ3v) is 3.30. The lowest BCUT2D eigenvalue weighted by atomic mass is 9.81. The van der Waals surface area contributed by atoms with E-state index < -0.39 is 0 Å². The summed E-state index contributed by atoms with van der Waals surface area (Å²) in [7, 11) is 0. The molecule has 0 amide bonds. The number of halogens is 2. The molecule has 1 aromatic rings. The quantitative estimate of drug-likeness (QED) is 0.890. The second kappa shape index (κ2) is 5.28. The summed E-state index contributed by atoms with van der Waals surface area (Å²) >= 11 is 3.42. The molecular weight excluding hydrogens is 271 g/mol. The first kappa shape index (κ1) is 13.7. The van der Waals surface area contributed by atoms with Crippen molar-refractivity contribution in [1.82, 2.24) is 0 Å². The van der Waals surface area contributed by atoms with Crippen LogP contribution in [0.3, 0.4) is 0 Å². The van der Waals surface area contributed by atoms with Crippen LogP contribution < -0.4 is 0 Å². The Morgan fingerprint density at radius 3 is 2.62 bits per heavy atom. The van der Waals surface area contributed by atoms with Crippen LogP contribution in [0.15, 0.2) is 22.7 Å². The Morgan fingerprint density at radius 1 is 1.44 bits per heavy atom. The van der Waals surface area contributed by atoms with Crippen LogP contribution in [0.1, 0.15) is 32.8 Å². The third kappa shape index (κ3) is 4.22. The van der Waals surface area contributed by atoms with Crippen LogP contribution in [0.4, 0.5) is 4.39 Å². The van der Waals surface area contributed by atoms with Gasteiger partial charge in [0.1, 0.15) is 5.82 Å². The molecule has 1 nitrogen and oxygen atoms in total. The molecule has 0 spiro atoms. The smallest absolute Gasteiger partial charge is 0.123 e. The molecular formula is C13H18BrFO. The second-order valence-corrected chi connectivity index (χ2v) is 5.98. The summed E-state index contributed by atoms with van der Waals surface area (Å²) in [4.78, 5) is 0. The minimum absolute atomic E-state index is 0.0372. The van der Waals surface area contributed by atoms with Gasteiger partial charge < -0.3 is 5.11 Å².